The highest BCUT2D eigenvalue weighted by molar-refractivity contribution is 6.03. The van der Waals surface area contributed by atoms with Crippen LogP contribution < -0.4 is 10.1 Å². The van der Waals surface area contributed by atoms with Crippen LogP contribution in [0.5, 0.6) is 5.75 Å². The first-order valence-electron chi connectivity index (χ1n) is 7.70. The van der Waals surface area contributed by atoms with Gasteiger partial charge in [-0.1, -0.05) is 25.5 Å². The number of hydrogen-bond donors (Lipinski definition) is 1. The van der Waals surface area contributed by atoms with E-state index in [0.29, 0.717) is 24.5 Å². The minimum Gasteiger partial charge on any atom is -0.490 e. The van der Waals surface area contributed by atoms with Crippen molar-refractivity contribution in [3.05, 3.63) is 29.8 Å². The van der Waals surface area contributed by atoms with Gasteiger partial charge in [-0.05, 0) is 31.5 Å². The largest absolute Gasteiger partial charge is 0.490 e. The number of nitrogens with one attached hydrogen (secondary N) is 1. The van der Waals surface area contributed by atoms with Crippen molar-refractivity contribution in [2.24, 2.45) is 5.41 Å². The maximum Gasteiger partial charge on any atom is 0.174 e. The Hall–Kier alpha value is -1.39. The molecule has 0 amide bonds. The predicted octanol–water partition coefficient (Wildman–Crippen LogP) is 2.67. The van der Waals surface area contributed by atoms with Crippen LogP contribution in [0.1, 0.15) is 36.5 Å². The van der Waals surface area contributed by atoms with Crippen molar-refractivity contribution >= 4 is 5.78 Å². The van der Waals surface area contributed by atoms with Crippen molar-refractivity contribution < 1.29 is 14.3 Å². The lowest BCUT2D eigenvalue weighted by molar-refractivity contribution is 0.0794. The molecule has 2 rings (SSSR count). The van der Waals surface area contributed by atoms with Gasteiger partial charge in [-0.3, -0.25) is 4.79 Å². The molecule has 4 nitrogen and oxygen atoms in total. The minimum absolute atomic E-state index is 0.211. The van der Waals surface area contributed by atoms with Crippen molar-refractivity contribution in [1.29, 1.82) is 0 Å². The van der Waals surface area contributed by atoms with E-state index >= 15 is 0 Å². The lowest BCUT2D eigenvalue weighted by Crippen LogP contribution is -2.33. The van der Waals surface area contributed by atoms with Crippen molar-refractivity contribution in [3.63, 3.8) is 0 Å². The normalized spacial score (nSPS) is 21.4. The van der Waals surface area contributed by atoms with E-state index in [1.54, 1.807) is 7.11 Å². The van der Waals surface area contributed by atoms with Gasteiger partial charge in [-0.25, -0.2) is 0 Å². The van der Waals surface area contributed by atoms with Crippen LogP contribution in [0, 0.1) is 5.41 Å². The molecule has 0 aliphatic carbocycles. The summed E-state index contributed by atoms with van der Waals surface area (Å²) in [5.74, 6) is 0.879. The van der Waals surface area contributed by atoms with Crippen LogP contribution in [-0.4, -0.2) is 39.2 Å². The summed E-state index contributed by atoms with van der Waals surface area (Å²) in [6, 6.07) is 7.54. The first kappa shape index (κ1) is 16.0. The Balaban J connectivity index is 2.21. The third-order valence-corrected chi connectivity index (χ3v) is 4.13. The third-order valence-electron chi connectivity index (χ3n) is 4.13. The monoisotopic (exact) mass is 291 g/mol. The van der Waals surface area contributed by atoms with Crippen LogP contribution in [0.3, 0.4) is 0 Å². The van der Waals surface area contributed by atoms with Gasteiger partial charge in [0.15, 0.2) is 5.78 Å². The van der Waals surface area contributed by atoms with Gasteiger partial charge in [0.25, 0.3) is 0 Å². The van der Waals surface area contributed by atoms with Gasteiger partial charge in [0.05, 0.1) is 12.2 Å². The molecule has 21 heavy (non-hydrogen) atoms. The molecule has 1 aromatic carbocycles. The summed E-state index contributed by atoms with van der Waals surface area (Å²) in [7, 11) is 1.64. The summed E-state index contributed by atoms with van der Waals surface area (Å²) in [6.45, 7) is 4.79. The molecule has 1 unspecified atom stereocenters. The van der Waals surface area contributed by atoms with E-state index < -0.39 is 0 Å². The zero-order valence-electron chi connectivity index (χ0n) is 13.0. The van der Waals surface area contributed by atoms with Crippen molar-refractivity contribution in [3.8, 4) is 5.75 Å². The van der Waals surface area contributed by atoms with E-state index in [2.05, 4.69) is 12.2 Å². The molecule has 116 valence electrons. The van der Waals surface area contributed by atoms with Crippen LogP contribution in [0.25, 0.3) is 0 Å². The van der Waals surface area contributed by atoms with Gasteiger partial charge in [-0.15, -0.1) is 0 Å². The maximum atomic E-state index is 13.1. The molecule has 0 aromatic heterocycles. The molecule has 1 N–H and O–H groups in total. The Kier molecular flexibility index (Phi) is 5.76. The van der Waals surface area contributed by atoms with E-state index in [9.17, 15) is 4.79 Å². The van der Waals surface area contributed by atoms with Gasteiger partial charge >= 0.3 is 0 Å². The Bertz CT molecular complexity index is 467. The summed E-state index contributed by atoms with van der Waals surface area (Å²) in [5.41, 5.74) is 0.431. The number of Topliss-reactive ketones (excluding diaryl/α,β-unsaturated/α-hetero) is 1. The molecule has 1 aliphatic heterocycles. The Morgan fingerprint density at radius 2 is 2.14 bits per heavy atom. The molecule has 1 heterocycles. The molecular formula is C17H25NO3. The molecule has 1 saturated heterocycles. The number of hydrogen-bond acceptors (Lipinski definition) is 4. The number of methoxy groups -OCH3 is 1. The van der Waals surface area contributed by atoms with E-state index in [1.165, 1.54) is 0 Å². The number of carbonyl (C=O) groups is 1. The second-order valence-corrected chi connectivity index (χ2v) is 5.62. The van der Waals surface area contributed by atoms with E-state index in [4.69, 9.17) is 9.47 Å². The smallest absolute Gasteiger partial charge is 0.174 e. The average Bonchev–Trinajstić information content (AvgIpc) is 2.97. The van der Waals surface area contributed by atoms with Gasteiger partial charge in [0.2, 0.25) is 0 Å². The summed E-state index contributed by atoms with van der Waals surface area (Å²) in [6.07, 6.45) is 2.84. The topological polar surface area (TPSA) is 47.6 Å². The Labute approximate surface area is 126 Å². The molecule has 1 aliphatic rings. The zero-order valence-corrected chi connectivity index (χ0v) is 13.0. The molecule has 4 heteroatoms. The molecule has 1 aromatic rings. The highest BCUT2D eigenvalue weighted by atomic mass is 16.5. The SMILES string of the molecule is CCCC1(C(=O)c2ccccc2OCCOC)CCNC1. The number of carbonyl (C=O) groups excluding carboxylic acids is 1. The highest BCUT2D eigenvalue weighted by Crippen LogP contribution is 2.37. The number of ketones is 1. The van der Waals surface area contributed by atoms with Crippen LogP contribution >= 0.6 is 0 Å². The Morgan fingerprint density at radius 3 is 2.81 bits per heavy atom. The van der Waals surface area contributed by atoms with Gasteiger partial charge < -0.3 is 14.8 Å². The minimum atomic E-state index is -0.268. The van der Waals surface area contributed by atoms with Crippen molar-refractivity contribution in [2.45, 2.75) is 26.2 Å². The summed E-state index contributed by atoms with van der Waals surface area (Å²) in [4.78, 5) is 13.1. The second-order valence-electron chi connectivity index (χ2n) is 5.62. The molecule has 1 fully saturated rings. The lowest BCUT2D eigenvalue weighted by atomic mass is 9.76. The molecule has 1 atom stereocenters. The van der Waals surface area contributed by atoms with Crippen LogP contribution in [-0.2, 0) is 4.74 Å². The molecule has 0 saturated carbocycles. The zero-order chi connectivity index (χ0) is 15.1. The third kappa shape index (κ3) is 3.63. The predicted molar refractivity (Wildman–Crippen MR) is 83.0 cm³/mol. The number of para-hydroxylation sites is 1. The molecular weight excluding hydrogens is 266 g/mol. The number of ether oxygens (including phenoxy) is 2. The fraction of sp³-hybridized carbons (Fsp3) is 0.588. The van der Waals surface area contributed by atoms with Gasteiger partial charge in [0.1, 0.15) is 12.4 Å². The summed E-state index contributed by atoms with van der Waals surface area (Å²) >= 11 is 0. The van der Waals surface area contributed by atoms with Crippen LogP contribution in [0.4, 0.5) is 0 Å². The van der Waals surface area contributed by atoms with Gasteiger partial charge in [-0.2, -0.15) is 0 Å². The first-order valence-corrected chi connectivity index (χ1v) is 7.70. The maximum absolute atomic E-state index is 13.1. The second kappa shape index (κ2) is 7.57. The summed E-state index contributed by atoms with van der Waals surface area (Å²) < 4.78 is 10.7. The van der Waals surface area contributed by atoms with Gasteiger partial charge in [0, 0.05) is 19.1 Å². The number of benzene rings is 1. The standard InChI is InChI=1S/C17H25NO3/c1-3-8-17(9-10-18-13-17)16(19)14-6-4-5-7-15(14)21-12-11-20-2/h4-7,18H,3,8-13H2,1-2H3. The van der Waals surface area contributed by atoms with Crippen molar-refractivity contribution in [1.82, 2.24) is 5.32 Å². The number of rotatable bonds is 8. The molecule has 0 radical (unpaired) electrons. The van der Waals surface area contributed by atoms with Crippen LogP contribution in [0.2, 0.25) is 0 Å². The highest BCUT2D eigenvalue weighted by Gasteiger charge is 2.41. The fourth-order valence-corrected chi connectivity index (χ4v) is 3.04. The average molecular weight is 291 g/mol. The van der Waals surface area contributed by atoms with E-state index in [0.717, 1.165) is 32.4 Å². The Morgan fingerprint density at radius 1 is 1.33 bits per heavy atom. The molecule has 0 spiro atoms. The summed E-state index contributed by atoms with van der Waals surface area (Å²) in [5, 5.41) is 3.34. The quantitative estimate of drug-likeness (QED) is 0.591. The van der Waals surface area contributed by atoms with E-state index in [-0.39, 0.29) is 11.2 Å². The van der Waals surface area contributed by atoms with Crippen molar-refractivity contribution in [2.75, 3.05) is 33.4 Å². The molecule has 0 bridgehead atoms. The van der Waals surface area contributed by atoms with Crippen LogP contribution in [0.15, 0.2) is 24.3 Å². The lowest BCUT2D eigenvalue weighted by Gasteiger charge is -2.27. The van der Waals surface area contributed by atoms with E-state index in [1.807, 2.05) is 24.3 Å². The first-order chi connectivity index (χ1) is 10.2. The fourth-order valence-electron chi connectivity index (χ4n) is 3.04.